The highest BCUT2D eigenvalue weighted by molar-refractivity contribution is 7.46. The van der Waals surface area contributed by atoms with Gasteiger partial charge in [0.05, 0.1) is 0 Å². The van der Waals surface area contributed by atoms with Gasteiger partial charge in [-0.15, -0.1) is 0 Å². The molecule has 0 aliphatic heterocycles. The van der Waals surface area contributed by atoms with Gasteiger partial charge < -0.3 is 9.26 Å². The third-order valence-corrected chi connectivity index (χ3v) is 2.54. The van der Waals surface area contributed by atoms with E-state index in [1.54, 1.807) is 20.8 Å². The van der Waals surface area contributed by atoms with Crippen LogP contribution < -0.4 is 0 Å². The summed E-state index contributed by atoms with van der Waals surface area (Å²) in [5, 5.41) is 0. The molecule has 0 radical (unpaired) electrons. The average Bonchev–Trinajstić information content (AvgIpc) is 2.11. The van der Waals surface area contributed by atoms with Crippen LogP contribution in [-0.2, 0) is 18.6 Å². The molecule has 0 amide bonds. The Labute approximate surface area is 88.8 Å². The first kappa shape index (κ1) is 14.6. The van der Waals surface area contributed by atoms with E-state index in [4.69, 9.17) is 14.5 Å². The Morgan fingerprint density at radius 1 is 1.27 bits per heavy atom. The van der Waals surface area contributed by atoms with E-state index in [-0.39, 0.29) is 6.61 Å². The zero-order valence-electron chi connectivity index (χ0n) is 9.10. The Hall–Kier alpha value is -0.420. The molecule has 0 unspecified atom stereocenters. The van der Waals surface area contributed by atoms with Crippen LogP contribution in [0, 0.1) is 0 Å². The lowest BCUT2D eigenvalue weighted by Gasteiger charge is -2.28. The topological polar surface area (TPSA) is 93.1 Å². The summed E-state index contributed by atoms with van der Waals surface area (Å²) < 4.78 is 19.8. The predicted octanol–water partition coefficient (Wildman–Crippen LogP) is 1.22. The quantitative estimate of drug-likeness (QED) is 0.678. The standard InChI is InChI=1S/C8H17O6P/c1-4-8(5-2,13-6-3)7(9)14-15(10,11)12/h4-6H2,1-3H3,(H2,10,11,12). The van der Waals surface area contributed by atoms with Crippen molar-refractivity contribution in [1.82, 2.24) is 0 Å². The number of rotatable bonds is 6. The summed E-state index contributed by atoms with van der Waals surface area (Å²) >= 11 is 0. The first-order chi connectivity index (χ1) is 6.81. The summed E-state index contributed by atoms with van der Waals surface area (Å²) in [6, 6.07) is 0. The monoisotopic (exact) mass is 240 g/mol. The van der Waals surface area contributed by atoms with Crippen molar-refractivity contribution in [3.63, 3.8) is 0 Å². The molecule has 6 nitrogen and oxygen atoms in total. The van der Waals surface area contributed by atoms with E-state index in [9.17, 15) is 9.36 Å². The molecule has 90 valence electrons. The fraction of sp³-hybridized carbons (Fsp3) is 0.875. The van der Waals surface area contributed by atoms with Crippen LogP contribution in [-0.4, -0.2) is 28.0 Å². The minimum Gasteiger partial charge on any atom is -0.368 e. The van der Waals surface area contributed by atoms with Crippen LogP contribution in [0.25, 0.3) is 0 Å². The SMILES string of the molecule is CCOC(CC)(CC)C(=O)OP(=O)(O)O. The second-order valence-electron chi connectivity index (χ2n) is 3.00. The molecule has 0 fully saturated rings. The molecule has 0 aromatic heterocycles. The second-order valence-corrected chi connectivity index (χ2v) is 4.17. The summed E-state index contributed by atoms with van der Waals surface area (Å²) in [5.41, 5.74) is -1.25. The van der Waals surface area contributed by atoms with E-state index in [1.165, 1.54) is 0 Å². The summed E-state index contributed by atoms with van der Waals surface area (Å²) in [7, 11) is -4.80. The van der Waals surface area contributed by atoms with Gasteiger partial charge in [0, 0.05) is 6.61 Å². The minimum absolute atomic E-state index is 0.276. The van der Waals surface area contributed by atoms with Crippen molar-refractivity contribution in [2.24, 2.45) is 0 Å². The third kappa shape index (κ3) is 4.30. The lowest BCUT2D eigenvalue weighted by Crippen LogP contribution is -2.41. The van der Waals surface area contributed by atoms with Crippen LogP contribution in [0.5, 0.6) is 0 Å². The van der Waals surface area contributed by atoms with E-state index < -0.39 is 19.4 Å². The number of carbonyl (C=O) groups excluding carboxylic acids is 1. The van der Waals surface area contributed by atoms with Gasteiger partial charge in [0.1, 0.15) is 0 Å². The Morgan fingerprint density at radius 2 is 1.73 bits per heavy atom. The highest BCUT2D eigenvalue weighted by Gasteiger charge is 2.40. The zero-order valence-corrected chi connectivity index (χ0v) is 9.99. The Kier molecular flexibility index (Phi) is 5.45. The molecule has 0 aromatic carbocycles. The Morgan fingerprint density at radius 3 is 2.00 bits per heavy atom. The maximum absolute atomic E-state index is 11.5. The smallest absolute Gasteiger partial charge is 0.368 e. The summed E-state index contributed by atoms with van der Waals surface area (Å²) in [6.45, 7) is 5.36. The lowest BCUT2D eigenvalue weighted by atomic mass is 9.97. The molecule has 7 heteroatoms. The van der Waals surface area contributed by atoms with Gasteiger partial charge >= 0.3 is 13.8 Å². The van der Waals surface area contributed by atoms with Crippen LogP contribution in [0.1, 0.15) is 33.6 Å². The van der Waals surface area contributed by atoms with E-state index >= 15 is 0 Å². The largest absolute Gasteiger partial charge is 0.527 e. The van der Waals surface area contributed by atoms with Crippen molar-refractivity contribution in [2.45, 2.75) is 39.2 Å². The maximum Gasteiger partial charge on any atom is 0.527 e. The van der Waals surface area contributed by atoms with Crippen molar-refractivity contribution in [3.8, 4) is 0 Å². The summed E-state index contributed by atoms with van der Waals surface area (Å²) in [5.74, 6) is -1.01. The van der Waals surface area contributed by atoms with E-state index in [2.05, 4.69) is 4.52 Å². The number of ether oxygens (including phenoxy) is 1. The normalized spacial score (nSPS) is 12.6. The molecule has 0 rings (SSSR count). The number of hydrogen-bond donors (Lipinski definition) is 2. The number of carbonyl (C=O) groups is 1. The van der Waals surface area contributed by atoms with Crippen LogP contribution in [0.4, 0.5) is 0 Å². The van der Waals surface area contributed by atoms with Gasteiger partial charge in [0.2, 0.25) is 0 Å². The third-order valence-electron chi connectivity index (χ3n) is 2.14. The molecule has 0 saturated carbocycles. The van der Waals surface area contributed by atoms with E-state index in [0.717, 1.165) is 0 Å². The van der Waals surface area contributed by atoms with Gasteiger partial charge in [-0.3, -0.25) is 9.79 Å². The van der Waals surface area contributed by atoms with Crippen LogP contribution in [0.3, 0.4) is 0 Å². The molecule has 2 N–H and O–H groups in total. The highest BCUT2D eigenvalue weighted by Crippen LogP contribution is 2.39. The van der Waals surface area contributed by atoms with Gasteiger partial charge in [0.15, 0.2) is 5.60 Å². The van der Waals surface area contributed by atoms with Crippen LogP contribution >= 0.6 is 7.82 Å². The van der Waals surface area contributed by atoms with Crippen molar-refractivity contribution in [1.29, 1.82) is 0 Å². The van der Waals surface area contributed by atoms with Crippen molar-refractivity contribution < 1.29 is 28.4 Å². The van der Waals surface area contributed by atoms with Gasteiger partial charge in [-0.05, 0) is 19.8 Å². The summed E-state index contributed by atoms with van der Waals surface area (Å²) in [4.78, 5) is 28.5. The van der Waals surface area contributed by atoms with Crippen LogP contribution in [0.15, 0.2) is 0 Å². The van der Waals surface area contributed by atoms with Gasteiger partial charge in [-0.2, -0.15) is 0 Å². The van der Waals surface area contributed by atoms with Crippen LogP contribution in [0.2, 0.25) is 0 Å². The fourth-order valence-electron chi connectivity index (χ4n) is 1.27. The summed E-state index contributed by atoms with van der Waals surface area (Å²) in [6.07, 6.45) is 0.604. The molecule has 0 bridgehead atoms. The lowest BCUT2D eigenvalue weighted by molar-refractivity contribution is -0.164. The average molecular weight is 240 g/mol. The first-order valence-corrected chi connectivity index (χ1v) is 6.27. The molecule has 0 spiro atoms. The molecular weight excluding hydrogens is 223 g/mol. The van der Waals surface area contributed by atoms with E-state index in [0.29, 0.717) is 12.8 Å². The molecule has 0 atom stereocenters. The highest BCUT2D eigenvalue weighted by atomic mass is 31.2. The molecule has 0 aliphatic carbocycles. The van der Waals surface area contributed by atoms with Crippen molar-refractivity contribution >= 4 is 13.8 Å². The maximum atomic E-state index is 11.5. The molecule has 0 aliphatic rings. The molecule has 0 heterocycles. The Bertz CT molecular complexity index is 254. The number of hydrogen-bond acceptors (Lipinski definition) is 4. The van der Waals surface area contributed by atoms with E-state index in [1.807, 2.05) is 0 Å². The second kappa shape index (κ2) is 5.61. The fourth-order valence-corrected chi connectivity index (χ4v) is 1.65. The van der Waals surface area contributed by atoms with Crippen molar-refractivity contribution in [3.05, 3.63) is 0 Å². The molecule has 15 heavy (non-hydrogen) atoms. The number of phosphoric ester groups is 1. The molecular formula is C8H17O6P. The predicted molar refractivity (Wildman–Crippen MR) is 53.1 cm³/mol. The number of phosphoric acid groups is 1. The Balaban J connectivity index is 4.76. The molecule has 0 saturated heterocycles. The van der Waals surface area contributed by atoms with Gasteiger partial charge in [-0.25, -0.2) is 9.36 Å². The van der Waals surface area contributed by atoms with Crippen molar-refractivity contribution in [2.75, 3.05) is 6.61 Å². The van der Waals surface area contributed by atoms with Gasteiger partial charge in [-0.1, -0.05) is 13.8 Å². The molecule has 0 aromatic rings. The first-order valence-electron chi connectivity index (χ1n) is 4.74. The van der Waals surface area contributed by atoms with Gasteiger partial charge in [0.25, 0.3) is 0 Å². The minimum atomic E-state index is -4.80. The zero-order chi connectivity index (χ0) is 12.1.